The normalized spacial score (nSPS) is 22.4. The quantitative estimate of drug-likeness (QED) is 0.766. The molecule has 2 rings (SSSR count). The summed E-state index contributed by atoms with van der Waals surface area (Å²) in [6, 6.07) is 5.78. The Morgan fingerprint density at radius 3 is 2.62 bits per heavy atom. The number of halogens is 1. The molecule has 2 nitrogen and oxygen atoms in total. The number of ether oxygens (including phenoxy) is 2. The first kappa shape index (κ1) is 11.7. The zero-order valence-corrected chi connectivity index (χ0v) is 10.7. The molecule has 0 bridgehead atoms. The molecule has 1 aromatic rings. The van der Waals surface area contributed by atoms with E-state index in [1.165, 1.54) is 0 Å². The topological polar surface area (TPSA) is 18.5 Å². The van der Waals surface area contributed by atoms with Crippen LogP contribution in [0, 0.1) is 0 Å². The van der Waals surface area contributed by atoms with E-state index < -0.39 is 5.79 Å². The predicted octanol–water partition coefficient (Wildman–Crippen LogP) is 4.33. The Labute approximate surface area is 102 Å². The first-order valence-corrected chi connectivity index (χ1v) is 6.15. The fourth-order valence-corrected chi connectivity index (χ4v) is 2.33. The zero-order chi connectivity index (χ0) is 11.8. The molecule has 0 fully saturated rings. The summed E-state index contributed by atoms with van der Waals surface area (Å²) >= 11 is 6.17. The number of para-hydroxylation sites is 1. The van der Waals surface area contributed by atoms with Crippen LogP contribution in [0.4, 0.5) is 0 Å². The van der Waals surface area contributed by atoms with Crippen LogP contribution in [-0.4, -0.2) is 5.79 Å². The molecule has 16 heavy (non-hydrogen) atoms. The van der Waals surface area contributed by atoms with Crippen molar-refractivity contribution in [3.8, 4) is 5.75 Å². The molecule has 0 N–H and O–H groups in total. The van der Waals surface area contributed by atoms with E-state index >= 15 is 0 Å². The Bertz CT molecular complexity index is 386. The van der Waals surface area contributed by atoms with Crippen LogP contribution < -0.4 is 4.74 Å². The highest BCUT2D eigenvalue weighted by molar-refractivity contribution is 6.32. The minimum atomic E-state index is -0.516. The van der Waals surface area contributed by atoms with Crippen LogP contribution in [0.3, 0.4) is 0 Å². The van der Waals surface area contributed by atoms with Crippen molar-refractivity contribution >= 4 is 11.6 Å². The van der Waals surface area contributed by atoms with Gasteiger partial charge in [0.1, 0.15) is 5.75 Å². The Kier molecular flexibility index (Phi) is 3.13. The number of rotatable bonds is 2. The first-order valence-electron chi connectivity index (χ1n) is 5.77. The lowest BCUT2D eigenvalue weighted by atomic mass is 10.0. The molecule has 3 heteroatoms. The Balaban J connectivity index is 2.45. The smallest absolute Gasteiger partial charge is 0.210 e. The second-order valence-corrected chi connectivity index (χ2v) is 4.55. The molecule has 0 saturated carbocycles. The third kappa shape index (κ3) is 1.80. The lowest BCUT2D eigenvalue weighted by Crippen LogP contribution is -2.42. The number of hydrogen-bond donors (Lipinski definition) is 0. The first-order chi connectivity index (χ1) is 7.62. The van der Waals surface area contributed by atoms with E-state index in [0.29, 0.717) is 5.02 Å². The molecule has 1 aromatic carbocycles. The van der Waals surface area contributed by atoms with E-state index in [0.717, 1.165) is 24.2 Å². The molecule has 0 aromatic heterocycles. The fraction of sp³-hybridized carbons (Fsp3) is 0.538. The maximum Gasteiger partial charge on any atom is 0.210 e. The molecular formula is C13H17ClO2. The molecule has 0 spiro atoms. The molecule has 1 aliphatic rings. The van der Waals surface area contributed by atoms with E-state index in [1.54, 1.807) is 0 Å². The van der Waals surface area contributed by atoms with Crippen molar-refractivity contribution in [2.24, 2.45) is 0 Å². The van der Waals surface area contributed by atoms with E-state index in [2.05, 4.69) is 13.8 Å². The summed E-state index contributed by atoms with van der Waals surface area (Å²) in [4.78, 5) is 0. The van der Waals surface area contributed by atoms with Crippen LogP contribution in [0.2, 0.25) is 5.02 Å². The lowest BCUT2D eigenvalue weighted by molar-refractivity contribution is -0.229. The molecule has 0 saturated heterocycles. The van der Waals surface area contributed by atoms with Gasteiger partial charge in [-0.15, -0.1) is 0 Å². The van der Waals surface area contributed by atoms with Crippen molar-refractivity contribution in [2.75, 3.05) is 0 Å². The highest BCUT2D eigenvalue weighted by Crippen LogP contribution is 2.44. The van der Waals surface area contributed by atoms with Gasteiger partial charge in [0.25, 0.3) is 0 Å². The van der Waals surface area contributed by atoms with Crippen molar-refractivity contribution in [3.63, 3.8) is 0 Å². The highest BCUT2D eigenvalue weighted by atomic mass is 35.5. The van der Waals surface area contributed by atoms with E-state index in [1.807, 2.05) is 25.1 Å². The summed E-state index contributed by atoms with van der Waals surface area (Å²) in [6.07, 6.45) is 1.67. The lowest BCUT2D eigenvalue weighted by Gasteiger charge is -2.40. The van der Waals surface area contributed by atoms with E-state index in [9.17, 15) is 0 Å². The summed E-state index contributed by atoms with van der Waals surface area (Å²) in [6.45, 7) is 6.17. The van der Waals surface area contributed by atoms with Crippen molar-refractivity contribution in [2.45, 2.75) is 45.5 Å². The molecule has 0 unspecified atom stereocenters. The summed E-state index contributed by atoms with van der Waals surface area (Å²) in [5.41, 5.74) is 1.03. The third-order valence-corrected chi connectivity index (χ3v) is 3.49. The van der Waals surface area contributed by atoms with Gasteiger partial charge in [-0.25, -0.2) is 0 Å². The second kappa shape index (κ2) is 4.27. The average Bonchev–Trinajstić information content (AvgIpc) is 2.30. The van der Waals surface area contributed by atoms with Gasteiger partial charge in [0, 0.05) is 18.4 Å². The Morgan fingerprint density at radius 1 is 1.31 bits per heavy atom. The Hall–Kier alpha value is -0.730. The third-order valence-electron chi connectivity index (χ3n) is 3.19. The van der Waals surface area contributed by atoms with Gasteiger partial charge >= 0.3 is 0 Å². The van der Waals surface area contributed by atoms with E-state index in [4.69, 9.17) is 21.1 Å². The molecule has 0 radical (unpaired) electrons. The average molecular weight is 241 g/mol. The van der Waals surface area contributed by atoms with Gasteiger partial charge in [0.15, 0.2) is 0 Å². The SMILES string of the molecule is CCC1(CC)Oc2c(Cl)cccc2[C@H](C)O1. The van der Waals surface area contributed by atoms with Crippen LogP contribution in [0.1, 0.15) is 45.3 Å². The standard InChI is InChI=1S/C13H17ClO2/c1-4-13(5-2)15-9(3)10-7-6-8-11(14)12(10)16-13/h6-9H,4-5H2,1-3H3/t9-/m0/s1. The van der Waals surface area contributed by atoms with Crippen LogP contribution in [0.15, 0.2) is 18.2 Å². The van der Waals surface area contributed by atoms with Crippen LogP contribution in [0.5, 0.6) is 5.75 Å². The van der Waals surface area contributed by atoms with E-state index in [-0.39, 0.29) is 6.10 Å². The largest absolute Gasteiger partial charge is 0.460 e. The van der Waals surface area contributed by atoms with Crippen molar-refractivity contribution in [3.05, 3.63) is 28.8 Å². The molecule has 1 heterocycles. The molecule has 0 aliphatic carbocycles. The maximum absolute atomic E-state index is 6.17. The summed E-state index contributed by atoms with van der Waals surface area (Å²) in [7, 11) is 0. The predicted molar refractivity (Wildman–Crippen MR) is 64.9 cm³/mol. The minimum absolute atomic E-state index is 0.0300. The summed E-state index contributed by atoms with van der Waals surface area (Å²) < 4.78 is 11.9. The van der Waals surface area contributed by atoms with Gasteiger partial charge in [-0.2, -0.15) is 0 Å². The van der Waals surface area contributed by atoms with Gasteiger partial charge in [0.05, 0.1) is 11.1 Å². The number of hydrogen-bond acceptors (Lipinski definition) is 2. The summed E-state index contributed by atoms with van der Waals surface area (Å²) in [5.74, 6) is 0.267. The van der Waals surface area contributed by atoms with Crippen molar-refractivity contribution in [1.29, 1.82) is 0 Å². The Morgan fingerprint density at radius 2 is 2.00 bits per heavy atom. The molecular weight excluding hydrogens is 224 g/mol. The van der Waals surface area contributed by atoms with Crippen LogP contribution >= 0.6 is 11.6 Å². The maximum atomic E-state index is 6.17. The molecule has 1 atom stereocenters. The molecule has 1 aliphatic heterocycles. The van der Waals surface area contributed by atoms with Crippen LogP contribution in [-0.2, 0) is 4.74 Å². The monoisotopic (exact) mass is 240 g/mol. The van der Waals surface area contributed by atoms with Gasteiger partial charge in [-0.1, -0.05) is 37.6 Å². The molecule has 88 valence electrons. The zero-order valence-electron chi connectivity index (χ0n) is 9.92. The van der Waals surface area contributed by atoms with Gasteiger partial charge < -0.3 is 9.47 Å². The van der Waals surface area contributed by atoms with Gasteiger partial charge in [-0.05, 0) is 13.0 Å². The van der Waals surface area contributed by atoms with Gasteiger partial charge in [0.2, 0.25) is 5.79 Å². The second-order valence-electron chi connectivity index (χ2n) is 4.14. The van der Waals surface area contributed by atoms with Gasteiger partial charge in [-0.3, -0.25) is 0 Å². The van der Waals surface area contributed by atoms with Crippen LogP contribution in [0.25, 0.3) is 0 Å². The molecule has 0 amide bonds. The fourth-order valence-electron chi connectivity index (χ4n) is 2.11. The summed E-state index contributed by atoms with van der Waals surface area (Å²) in [5, 5.41) is 0.666. The van der Waals surface area contributed by atoms with Crippen molar-refractivity contribution in [1.82, 2.24) is 0 Å². The number of fused-ring (bicyclic) bond motifs is 1. The highest BCUT2D eigenvalue weighted by Gasteiger charge is 2.38. The van der Waals surface area contributed by atoms with Crippen molar-refractivity contribution < 1.29 is 9.47 Å². The number of benzene rings is 1. The minimum Gasteiger partial charge on any atom is -0.460 e.